The Morgan fingerprint density at radius 1 is 0.466 bits per heavy atom. The first-order chi connectivity index (χ1) is 28.5. The van der Waals surface area contributed by atoms with Crippen LogP contribution in [0.4, 0.5) is 5.69 Å². The van der Waals surface area contributed by atoms with E-state index in [1.807, 2.05) is 146 Å². The Balaban J connectivity index is 1.23. The summed E-state index contributed by atoms with van der Waals surface area (Å²) in [6, 6.07) is 60.3. The number of hydrogen-bond acceptors (Lipinski definition) is 5. The van der Waals surface area contributed by atoms with Gasteiger partial charge in [-0.05, 0) is 70.8 Å². The fourth-order valence-electron chi connectivity index (χ4n) is 8.19. The molecule has 0 N–H and O–H groups in total. The maximum Gasteiger partial charge on any atom is 0.268 e. The molecule has 0 spiro atoms. The van der Waals surface area contributed by atoms with Crippen LogP contribution in [0.15, 0.2) is 176 Å². The Morgan fingerprint density at radius 3 is 1.71 bits per heavy atom. The molecular weight excluding hydrogens is 715 g/mol. The number of nitriles is 2. The number of aromatic nitrogens is 2. The zero-order chi connectivity index (χ0) is 39.3. The van der Waals surface area contributed by atoms with E-state index in [2.05, 4.69) is 33.8 Å². The van der Waals surface area contributed by atoms with E-state index in [1.54, 1.807) is 18.2 Å². The third-order valence-corrected chi connectivity index (χ3v) is 10.8. The van der Waals surface area contributed by atoms with Crippen LogP contribution in [0.25, 0.3) is 72.1 Å². The summed E-state index contributed by atoms with van der Waals surface area (Å²) in [5.41, 5.74) is 10.6. The highest BCUT2D eigenvalue weighted by molar-refractivity contribution is 6.37. The second kappa shape index (κ2) is 13.7. The number of fused-ring (bicyclic) bond motifs is 4. The summed E-state index contributed by atoms with van der Waals surface area (Å²) in [5.74, 6) is -0.834. The fourth-order valence-corrected chi connectivity index (χ4v) is 8.19. The monoisotopic (exact) mass is 743 g/mol. The minimum atomic E-state index is -0.427. The minimum Gasteiger partial charge on any atom is -0.308 e. The van der Waals surface area contributed by atoms with Crippen LogP contribution >= 0.6 is 0 Å². The zero-order valence-corrected chi connectivity index (χ0v) is 30.8. The Morgan fingerprint density at radius 2 is 1.03 bits per heavy atom. The van der Waals surface area contributed by atoms with E-state index in [4.69, 9.17) is 0 Å². The summed E-state index contributed by atoms with van der Waals surface area (Å²) in [7, 11) is 0. The largest absolute Gasteiger partial charge is 0.308 e. The van der Waals surface area contributed by atoms with E-state index in [0.29, 0.717) is 39.5 Å². The van der Waals surface area contributed by atoms with Crippen molar-refractivity contribution in [3.63, 3.8) is 0 Å². The number of para-hydroxylation sites is 1. The lowest BCUT2D eigenvalue weighted by Crippen LogP contribution is -2.30. The van der Waals surface area contributed by atoms with E-state index >= 15 is 4.79 Å². The minimum absolute atomic E-state index is 0.292. The van der Waals surface area contributed by atoms with Gasteiger partial charge in [0.05, 0.1) is 50.9 Å². The summed E-state index contributed by atoms with van der Waals surface area (Å²) in [4.78, 5) is 36.1. The maximum absolute atomic E-state index is 15.3. The van der Waals surface area contributed by atoms with E-state index in [1.165, 1.54) is 4.90 Å². The smallest absolute Gasteiger partial charge is 0.268 e. The number of rotatable bonds is 6. The van der Waals surface area contributed by atoms with E-state index in [-0.39, 0.29) is 0 Å². The molecule has 0 saturated carbocycles. The SMILES string of the molecule is N#Cc1cccc(-c2ccc3c4ccc(-c5cccc(C#N)n5)cc4n(-c4cccc5c4C(=O)N(c4c(-c6ccccc6)cccc4-c4ccccc4)C5=O)c3c2)c1. The van der Waals surface area contributed by atoms with Crippen molar-refractivity contribution < 1.29 is 9.59 Å². The van der Waals surface area contributed by atoms with Crippen molar-refractivity contribution in [2.45, 2.75) is 0 Å². The number of hydrogen-bond donors (Lipinski definition) is 0. The lowest BCUT2D eigenvalue weighted by Gasteiger charge is -2.23. The standard InChI is InChI=1S/C51H29N5O2/c52-30-32-11-7-16-35(27-32)36-23-25-41-42-26-24-37(44-21-8-17-38(31-53)54-44)29-47(42)55(46(41)28-36)45-22-10-20-43-48(45)51(58)56(50(43)57)49-39(33-12-3-1-4-13-33)18-9-19-40(49)34-14-5-2-6-15-34/h1-29H. The molecule has 0 radical (unpaired) electrons. The zero-order valence-electron chi connectivity index (χ0n) is 30.8. The molecular formula is C51H29N5O2. The van der Waals surface area contributed by atoms with Gasteiger partial charge in [-0.3, -0.25) is 9.59 Å². The van der Waals surface area contributed by atoms with Crippen LogP contribution in [-0.2, 0) is 0 Å². The van der Waals surface area contributed by atoms with E-state index in [0.717, 1.165) is 60.8 Å². The molecule has 2 amide bonds. The van der Waals surface area contributed by atoms with Gasteiger partial charge in [0.2, 0.25) is 0 Å². The molecule has 58 heavy (non-hydrogen) atoms. The lowest BCUT2D eigenvalue weighted by atomic mass is 9.95. The normalized spacial score (nSPS) is 12.1. The number of amides is 2. The molecule has 0 atom stereocenters. The molecule has 9 aromatic rings. The van der Waals surface area contributed by atoms with Gasteiger partial charge >= 0.3 is 0 Å². The number of benzene rings is 7. The van der Waals surface area contributed by atoms with Gasteiger partial charge in [0.25, 0.3) is 11.8 Å². The molecule has 10 rings (SSSR count). The second-order valence-corrected chi connectivity index (χ2v) is 14.1. The summed E-state index contributed by atoms with van der Waals surface area (Å²) in [6.45, 7) is 0. The third-order valence-electron chi connectivity index (χ3n) is 10.8. The summed E-state index contributed by atoms with van der Waals surface area (Å²) in [6.07, 6.45) is 0. The van der Waals surface area contributed by atoms with Crippen LogP contribution in [0.5, 0.6) is 0 Å². The Kier molecular flexibility index (Phi) is 8.07. The Hall–Kier alpha value is -8.39. The van der Waals surface area contributed by atoms with Crippen molar-refractivity contribution in [1.29, 1.82) is 10.5 Å². The van der Waals surface area contributed by atoms with Crippen molar-refractivity contribution in [3.8, 4) is 62.5 Å². The predicted octanol–water partition coefficient (Wildman–Crippen LogP) is 11.4. The number of nitrogens with zero attached hydrogens (tertiary/aromatic N) is 5. The third kappa shape index (κ3) is 5.46. The molecule has 1 aliphatic heterocycles. The molecule has 7 heteroatoms. The van der Waals surface area contributed by atoms with E-state index in [9.17, 15) is 15.3 Å². The van der Waals surface area contributed by atoms with Gasteiger partial charge < -0.3 is 4.57 Å². The van der Waals surface area contributed by atoms with Gasteiger partial charge in [-0.15, -0.1) is 0 Å². The van der Waals surface area contributed by atoms with Crippen LogP contribution in [0.1, 0.15) is 32.0 Å². The molecule has 3 heterocycles. The lowest BCUT2D eigenvalue weighted by molar-refractivity contribution is 0.0926. The molecule has 7 nitrogen and oxygen atoms in total. The van der Waals surface area contributed by atoms with Crippen molar-refractivity contribution >= 4 is 39.3 Å². The van der Waals surface area contributed by atoms with Crippen LogP contribution < -0.4 is 4.90 Å². The van der Waals surface area contributed by atoms with Crippen molar-refractivity contribution in [1.82, 2.24) is 9.55 Å². The second-order valence-electron chi connectivity index (χ2n) is 14.1. The molecule has 0 aliphatic carbocycles. The van der Waals surface area contributed by atoms with Crippen LogP contribution in [0.2, 0.25) is 0 Å². The number of anilines is 1. The van der Waals surface area contributed by atoms with Crippen molar-refractivity contribution in [2.75, 3.05) is 4.90 Å². The molecule has 0 saturated heterocycles. The summed E-state index contributed by atoms with van der Waals surface area (Å²) in [5, 5.41) is 21.2. The highest BCUT2D eigenvalue weighted by atomic mass is 16.2. The number of imide groups is 1. The first kappa shape index (κ1) is 34.1. The predicted molar refractivity (Wildman–Crippen MR) is 227 cm³/mol. The van der Waals surface area contributed by atoms with Gasteiger partial charge in [-0.1, -0.05) is 127 Å². The van der Waals surface area contributed by atoms with E-state index < -0.39 is 11.8 Å². The molecule has 0 fully saturated rings. The quantitative estimate of drug-likeness (QED) is 0.158. The summed E-state index contributed by atoms with van der Waals surface area (Å²) >= 11 is 0. The van der Waals surface area contributed by atoms with Gasteiger partial charge in [-0.2, -0.15) is 10.5 Å². The topological polar surface area (TPSA) is 103 Å². The van der Waals surface area contributed by atoms with Gasteiger partial charge in [0.1, 0.15) is 11.8 Å². The molecule has 1 aliphatic rings. The first-order valence-electron chi connectivity index (χ1n) is 18.7. The average Bonchev–Trinajstić information content (AvgIpc) is 3.75. The van der Waals surface area contributed by atoms with Gasteiger partial charge in [0, 0.05) is 27.5 Å². The molecule has 0 unspecified atom stereocenters. The first-order valence-corrected chi connectivity index (χ1v) is 18.7. The number of pyridine rings is 1. The fraction of sp³-hybridized carbons (Fsp3) is 0. The van der Waals surface area contributed by atoms with Crippen LogP contribution in [-0.4, -0.2) is 21.4 Å². The summed E-state index contributed by atoms with van der Waals surface area (Å²) < 4.78 is 2.05. The Labute approximate surface area is 333 Å². The van der Waals surface area contributed by atoms with Crippen LogP contribution in [0.3, 0.4) is 0 Å². The highest BCUT2D eigenvalue weighted by Crippen LogP contribution is 2.45. The molecule has 7 aromatic carbocycles. The molecule has 2 aromatic heterocycles. The number of carbonyl (C=O) groups excluding carboxylic acids is 2. The molecule has 270 valence electrons. The van der Waals surface area contributed by atoms with Crippen molar-refractivity contribution in [2.24, 2.45) is 0 Å². The van der Waals surface area contributed by atoms with Gasteiger partial charge in [0.15, 0.2) is 0 Å². The number of carbonyl (C=O) groups is 2. The highest BCUT2D eigenvalue weighted by Gasteiger charge is 2.41. The van der Waals surface area contributed by atoms with Crippen molar-refractivity contribution in [3.05, 3.63) is 198 Å². The average molecular weight is 744 g/mol. The maximum atomic E-state index is 15.3. The Bertz CT molecular complexity index is 3070. The van der Waals surface area contributed by atoms with Crippen LogP contribution in [0, 0.1) is 22.7 Å². The van der Waals surface area contributed by atoms with Gasteiger partial charge in [-0.25, -0.2) is 9.88 Å². The molecule has 0 bridgehead atoms.